The van der Waals surface area contributed by atoms with Crippen LogP contribution in [0.1, 0.15) is 30.0 Å². The van der Waals surface area contributed by atoms with Crippen molar-refractivity contribution in [3.63, 3.8) is 0 Å². The summed E-state index contributed by atoms with van der Waals surface area (Å²) in [5, 5.41) is 25.2. The Morgan fingerprint density at radius 1 is 1.17 bits per heavy atom. The Labute approximate surface area is 247 Å². The molecule has 0 N–H and O–H groups in total. The third-order valence-corrected chi connectivity index (χ3v) is 9.50. The fraction of sp³-hybridized carbons (Fsp3) is 0.467. The van der Waals surface area contributed by atoms with Crippen LogP contribution < -0.4 is 4.90 Å². The maximum absolute atomic E-state index is 9.85. The lowest BCUT2D eigenvalue weighted by atomic mass is 9.96. The van der Waals surface area contributed by atoms with Crippen molar-refractivity contribution in [1.29, 1.82) is 10.5 Å². The van der Waals surface area contributed by atoms with Crippen molar-refractivity contribution in [2.45, 2.75) is 57.9 Å². The van der Waals surface area contributed by atoms with Crippen molar-refractivity contribution < 1.29 is 9.47 Å². The van der Waals surface area contributed by atoms with E-state index in [9.17, 15) is 10.5 Å². The molecule has 11 nitrogen and oxygen atoms in total. The molecule has 1 saturated heterocycles. The van der Waals surface area contributed by atoms with Crippen molar-refractivity contribution in [1.82, 2.24) is 29.3 Å². The summed E-state index contributed by atoms with van der Waals surface area (Å²) in [5.41, 5.74) is 3.85. The number of rotatable bonds is 12. The van der Waals surface area contributed by atoms with Gasteiger partial charge in [-0.25, -0.2) is 15.0 Å². The lowest BCUT2D eigenvalue weighted by Crippen LogP contribution is -2.26. The van der Waals surface area contributed by atoms with E-state index in [0.717, 1.165) is 53.5 Å². The summed E-state index contributed by atoms with van der Waals surface area (Å²) < 4.78 is 15.1. The zero-order valence-electron chi connectivity index (χ0n) is 24.7. The number of nitrogens with zero attached hydrogens (tertiary/aromatic N) is 9. The minimum absolute atomic E-state index is 0.122. The van der Waals surface area contributed by atoms with Crippen molar-refractivity contribution in [3.8, 4) is 23.4 Å². The highest BCUT2D eigenvalue weighted by Crippen LogP contribution is 2.35. The molecule has 1 unspecified atom stereocenters. The van der Waals surface area contributed by atoms with Gasteiger partial charge >= 0.3 is 0 Å². The Hall–Kier alpha value is -4.10. The first-order chi connectivity index (χ1) is 20.3. The highest BCUT2D eigenvalue weighted by atomic mass is 28.3. The van der Waals surface area contributed by atoms with E-state index in [1.165, 1.54) is 0 Å². The van der Waals surface area contributed by atoms with Gasteiger partial charge in [0, 0.05) is 75.9 Å². The molecule has 4 aromatic rings. The molecule has 1 aliphatic heterocycles. The Kier molecular flexibility index (Phi) is 8.97. The SMILES string of the molecule is COCc1ccnc(N2CCC([C@H](CC#N)n3cc(-c4ncnc5c4ccn5COCC[Si](C)(C)C)cn3)C2)c1C#N. The fourth-order valence-corrected chi connectivity index (χ4v) is 6.27. The second-order valence-corrected chi connectivity index (χ2v) is 17.6. The number of fused-ring (bicyclic) bond motifs is 1. The van der Waals surface area contributed by atoms with Crippen LogP contribution in [0.5, 0.6) is 0 Å². The molecule has 1 fully saturated rings. The number of nitriles is 2. The van der Waals surface area contributed by atoms with Gasteiger partial charge in [-0.15, -0.1) is 0 Å². The predicted octanol–water partition coefficient (Wildman–Crippen LogP) is 5.00. The summed E-state index contributed by atoms with van der Waals surface area (Å²) in [4.78, 5) is 15.8. The van der Waals surface area contributed by atoms with Gasteiger partial charge in [-0.3, -0.25) is 4.68 Å². The van der Waals surface area contributed by atoms with Crippen LogP contribution >= 0.6 is 0 Å². The smallest absolute Gasteiger partial charge is 0.146 e. The summed E-state index contributed by atoms with van der Waals surface area (Å²) in [6.07, 6.45) is 10.3. The summed E-state index contributed by atoms with van der Waals surface area (Å²) in [7, 11) is 0.463. The molecule has 0 amide bonds. The molecular formula is C30H37N9O2Si. The van der Waals surface area contributed by atoms with Gasteiger partial charge < -0.3 is 18.9 Å². The lowest BCUT2D eigenvalue weighted by molar-refractivity contribution is 0.0899. The normalized spacial score (nSPS) is 16.0. The van der Waals surface area contributed by atoms with Gasteiger partial charge in [-0.05, 0) is 24.6 Å². The molecule has 218 valence electrons. The zero-order chi connectivity index (χ0) is 29.7. The van der Waals surface area contributed by atoms with Crippen LogP contribution in [0, 0.1) is 28.6 Å². The van der Waals surface area contributed by atoms with Crippen LogP contribution in [0.3, 0.4) is 0 Å². The molecule has 4 aromatic heterocycles. The summed E-state index contributed by atoms with van der Waals surface area (Å²) in [6.45, 7) is 10.00. The van der Waals surface area contributed by atoms with E-state index in [1.807, 2.05) is 40.0 Å². The van der Waals surface area contributed by atoms with Gasteiger partial charge in [0.2, 0.25) is 0 Å². The average Bonchev–Trinajstić information content (AvgIpc) is 3.74. The maximum Gasteiger partial charge on any atom is 0.146 e. The standard InChI is InChI=1S/C30H37N9O2Si/c1-40-19-23-6-10-33-30(26(23)15-32)37-11-7-22(17-37)27(5-9-31)39-18-24(16-36-39)28-25-8-12-38(29(25)35-20-34-28)21-41-13-14-42(2,3)4/h6,8,10,12,16,18,20,22,27H,5,7,11,13-14,17,19,21H2,1-4H3/t22?,27-/m0/s1. The molecule has 0 spiro atoms. The molecular weight excluding hydrogens is 546 g/mol. The minimum Gasteiger partial charge on any atom is -0.380 e. The molecule has 0 bridgehead atoms. The molecule has 12 heteroatoms. The lowest BCUT2D eigenvalue weighted by Gasteiger charge is -2.23. The molecule has 0 radical (unpaired) electrons. The summed E-state index contributed by atoms with van der Waals surface area (Å²) in [6, 6.07) is 9.50. The number of hydrogen-bond donors (Lipinski definition) is 0. The van der Waals surface area contributed by atoms with Gasteiger partial charge in [-0.1, -0.05) is 19.6 Å². The van der Waals surface area contributed by atoms with Crippen LogP contribution in [0.4, 0.5) is 5.82 Å². The molecule has 1 aliphatic rings. The third kappa shape index (κ3) is 6.36. The van der Waals surface area contributed by atoms with Crippen LogP contribution in [-0.2, 0) is 22.8 Å². The van der Waals surface area contributed by atoms with Crippen LogP contribution in [0.15, 0.2) is 43.2 Å². The number of hydrogen-bond acceptors (Lipinski definition) is 9. The minimum atomic E-state index is -1.15. The van der Waals surface area contributed by atoms with Crippen LogP contribution in [0.2, 0.25) is 25.7 Å². The molecule has 5 heterocycles. The Morgan fingerprint density at radius 3 is 2.79 bits per heavy atom. The largest absolute Gasteiger partial charge is 0.380 e. The van der Waals surface area contributed by atoms with Crippen LogP contribution in [0.25, 0.3) is 22.3 Å². The van der Waals surface area contributed by atoms with E-state index in [1.54, 1.807) is 19.6 Å². The first-order valence-corrected chi connectivity index (χ1v) is 17.9. The van der Waals surface area contributed by atoms with Gasteiger partial charge in [0.1, 0.15) is 36.2 Å². The topological polar surface area (TPSA) is 131 Å². The molecule has 5 rings (SSSR count). The second kappa shape index (κ2) is 12.8. The Balaban J connectivity index is 1.34. The van der Waals surface area contributed by atoms with E-state index in [-0.39, 0.29) is 12.0 Å². The number of methoxy groups -OCH3 is 1. The quantitative estimate of drug-likeness (QED) is 0.167. The molecule has 0 saturated carbocycles. The predicted molar refractivity (Wildman–Crippen MR) is 162 cm³/mol. The third-order valence-electron chi connectivity index (χ3n) is 7.80. The van der Waals surface area contributed by atoms with E-state index in [4.69, 9.17) is 14.6 Å². The fourth-order valence-electron chi connectivity index (χ4n) is 5.51. The van der Waals surface area contributed by atoms with Crippen molar-refractivity contribution in [2.75, 3.05) is 31.7 Å². The van der Waals surface area contributed by atoms with Crippen molar-refractivity contribution in [3.05, 3.63) is 54.4 Å². The highest BCUT2D eigenvalue weighted by molar-refractivity contribution is 6.76. The highest BCUT2D eigenvalue weighted by Gasteiger charge is 2.33. The number of pyridine rings is 1. The summed E-state index contributed by atoms with van der Waals surface area (Å²) >= 11 is 0. The van der Waals surface area contributed by atoms with Crippen molar-refractivity contribution in [2.24, 2.45) is 5.92 Å². The number of anilines is 1. The average molecular weight is 584 g/mol. The summed E-state index contributed by atoms with van der Waals surface area (Å²) in [5.74, 6) is 0.834. The van der Waals surface area contributed by atoms with E-state index in [0.29, 0.717) is 37.7 Å². The first kappa shape index (κ1) is 29.4. The maximum atomic E-state index is 9.85. The van der Waals surface area contributed by atoms with Gasteiger partial charge in [0.05, 0.1) is 37.0 Å². The second-order valence-electron chi connectivity index (χ2n) is 11.9. The molecule has 0 aromatic carbocycles. The number of aromatic nitrogens is 6. The zero-order valence-corrected chi connectivity index (χ0v) is 25.7. The van der Waals surface area contributed by atoms with Gasteiger partial charge in [0.25, 0.3) is 0 Å². The van der Waals surface area contributed by atoms with Gasteiger partial charge in [0.15, 0.2) is 0 Å². The monoisotopic (exact) mass is 583 g/mol. The Morgan fingerprint density at radius 2 is 2.02 bits per heavy atom. The first-order valence-electron chi connectivity index (χ1n) is 14.2. The molecule has 0 aliphatic carbocycles. The Bertz CT molecular complexity index is 1610. The van der Waals surface area contributed by atoms with E-state index in [2.05, 4.69) is 51.6 Å². The van der Waals surface area contributed by atoms with E-state index >= 15 is 0 Å². The number of ether oxygens (including phenoxy) is 2. The van der Waals surface area contributed by atoms with Crippen molar-refractivity contribution >= 4 is 24.9 Å². The van der Waals surface area contributed by atoms with Gasteiger partial charge in [-0.2, -0.15) is 15.6 Å². The molecule has 2 atom stereocenters. The molecule has 42 heavy (non-hydrogen) atoms. The van der Waals surface area contributed by atoms with E-state index < -0.39 is 8.07 Å². The van der Waals surface area contributed by atoms with Crippen LogP contribution in [-0.4, -0.2) is 64.2 Å².